The average Bonchev–Trinajstić information content (AvgIpc) is 1.97. The van der Waals surface area contributed by atoms with Crippen LogP contribution in [-0.4, -0.2) is 9.96 Å². The predicted octanol–water partition coefficient (Wildman–Crippen LogP) is 2.72. The first kappa shape index (κ1) is 10.2. The van der Waals surface area contributed by atoms with Crippen LogP contribution in [0.2, 0.25) is 0 Å². The lowest BCUT2D eigenvalue weighted by atomic mass is 10.4. The molecule has 0 aromatic carbocycles. The van der Waals surface area contributed by atoms with Crippen LogP contribution in [0.1, 0.15) is 26.7 Å². The maximum Gasteiger partial charge on any atom is 0.0846 e. The van der Waals surface area contributed by atoms with Crippen LogP contribution >= 0.6 is 10.8 Å². The second-order valence-electron chi connectivity index (χ2n) is 1.93. The van der Waals surface area contributed by atoms with Gasteiger partial charge in [-0.1, -0.05) is 19.4 Å². The highest BCUT2D eigenvalue weighted by Gasteiger charge is 1.94. The smallest absolute Gasteiger partial charge is 0.0846 e. The quantitative estimate of drug-likeness (QED) is 0.602. The maximum absolute atomic E-state index is 11.0. The van der Waals surface area contributed by atoms with Gasteiger partial charge in [0.25, 0.3) is 0 Å². The minimum Gasteiger partial charge on any atom is -0.248 e. The summed E-state index contributed by atoms with van der Waals surface area (Å²) >= 11 is 0. The molecule has 0 aliphatic rings. The van der Waals surface area contributed by atoms with Crippen molar-refractivity contribution in [2.45, 2.75) is 26.7 Å². The molecule has 1 nitrogen and oxygen atoms in total. The van der Waals surface area contributed by atoms with Crippen molar-refractivity contribution >= 4 is 20.6 Å². The van der Waals surface area contributed by atoms with Crippen LogP contribution in [-0.2, 0) is 9.83 Å². The minimum absolute atomic E-state index is 0.690. The van der Waals surface area contributed by atoms with Gasteiger partial charge in [0.15, 0.2) is 0 Å². The monoisotopic (exact) mass is 178 g/mol. The lowest BCUT2D eigenvalue weighted by Crippen LogP contribution is -1.88. The highest BCUT2D eigenvalue weighted by molar-refractivity contribution is 8.70. The van der Waals surface area contributed by atoms with Crippen molar-refractivity contribution in [2.75, 3.05) is 5.75 Å². The first-order valence-corrected chi connectivity index (χ1v) is 6.19. The standard InChI is InChI=1S/C7H14OS2/c1-3-5-7-10(8)9-6-4-2/h4,6H,3,5,7H2,1-2H3/b6-4+. The molecule has 1 unspecified atom stereocenters. The van der Waals surface area contributed by atoms with E-state index in [1.165, 1.54) is 10.8 Å². The summed E-state index contributed by atoms with van der Waals surface area (Å²) in [6.45, 7) is 4.04. The fraction of sp³-hybridized carbons (Fsp3) is 0.714. The molecule has 0 aliphatic carbocycles. The number of allylic oxidation sites excluding steroid dienone is 1. The Hall–Kier alpha value is 0.240. The Labute approximate surface area is 69.1 Å². The van der Waals surface area contributed by atoms with Crippen molar-refractivity contribution < 1.29 is 4.21 Å². The van der Waals surface area contributed by atoms with Gasteiger partial charge in [-0.15, -0.1) is 0 Å². The SMILES string of the molecule is C/C=C/SS(=O)CCCC. The molecule has 0 aromatic rings. The van der Waals surface area contributed by atoms with Gasteiger partial charge in [0.1, 0.15) is 0 Å². The van der Waals surface area contributed by atoms with E-state index in [4.69, 9.17) is 0 Å². The van der Waals surface area contributed by atoms with Crippen LogP contribution in [0.4, 0.5) is 0 Å². The van der Waals surface area contributed by atoms with Crippen LogP contribution in [0.3, 0.4) is 0 Å². The van der Waals surface area contributed by atoms with Gasteiger partial charge in [-0.2, -0.15) is 0 Å². The second kappa shape index (κ2) is 7.35. The van der Waals surface area contributed by atoms with Crippen molar-refractivity contribution in [1.29, 1.82) is 0 Å². The van der Waals surface area contributed by atoms with E-state index in [0.717, 1.165) is 18.6 Å². The zero-order valence-electron chi connectivity index (χ0n) is 6.50. The molecule has 0 fully saturated rings. The van der Waals surface area contributed by atoms with E-state index >= 15 is 0 Å². The van der Waals surface area contributed by atoms with E-state index in [2.05, 4.69) is 6.92 Å². The first-order valence-electron chi connectivity index (χ1n) is 3.48. The van der Waals surface area contributed by atoms with Gasteiger partial charge in [-0.3, -0.25) is 0 Å². The van der Waals surface area contributed by atoms with Gasteiger partial charge in [0.2, 0.25) is 0 Å². The Morgan fingerprint density at radius 3 is 2.80 bits per heavy atom. The van der Waals surface area contributed by atoms with E-state index < -0.39 is 9.83 Å². The van der Waals surface area contributed by atoms with E-state index in [-0.39, 0.29) is 0 Å². The molecule has 0 N–H and O–H groups in total. The van der Waals surface area contributed by atoms with Crippen molar-refractivity contribution in [2.24, 2.45) is 0 Å². The summed E-state index contributed by atoms with van der Waals surface area (Å²) in [5.74, 6) is 0.825. The highest BCUT2D eigenvalue weighted by atomic mass is 33.1. The molecule has 0 rings (SSSR count). The summed E-state index contributed by atoms with van der Waals surface area (Å²) in [4.78, 5) is 0. The maximum atomic E-state index is 11.0. The molecular weight excluding hydrogens is 164 g/mol. The number of hydrogen-bond acceptors (Lipinski definition) is 2. The average molecular weight is 178 g/mol. The minimum atomic E-state index is -0.690. The van der Waals surface area contributed by atoms with E-state index in [0.29, 0.717) is 0 Å². The van der Waals surface area contributed by atoms with Crippen LogP contribution in [0.15, 0.2) is 11.5 Å². The van der Waals surface area contributed by atoms with Gasteiger partial charge in [-0.25, -0.2) is 4.21 Å². The molecule has 0 spiro atoms. The molecule has 0 amide bonds. The normalized spacial score (nSPS) is 14.2. The van der Waals surface area contributed by atoms with Crippen LogP contribution in [0.5, 0.6) is 0 Å². The van der Waals surface area contributed by atoms with Crippen molar-refractivity contribution in [3.8, 4) is 0 Å². The summed E-state index contributed by atoms with van der Waals surface area (Å²) in [6, 6.07) is 0. The van der Waals surface area contributed by atoms with Gasteiger partial charge < -0.3 is 0 Å². The Balaban J connectivity index is 3.25. The fourth-order valence-corrected chi connectivity index (χ4v) is 2.63. The molecule has 3 heteroatoms. The van der Waals surface area contributed by atoms with Crippen LogP contribution < -0.4 is 0 Å². The Bertz CT molecular complexity index is 121. The van der Waals surface area contributed by atoms with Gasteiger partial charge in [-0.05, 0) is 29.5 Å². The molecule has 0 radical (unpaired) electrons. The Kier molecular flexibility index (Phi) is 7.52. The summed E-state index contributed by atoms with van der Waals surface area (Å²) in [5.41, 5.74) is 0. The highest BCUT2D eigenvalue weighted by Crippen LogP contribution is 2.10. The van der Waals surface area contributed by atoms with Gasteiger partial charge in [0.05, 0.1) is 9.83 Å². The summed E-state index contributed by atoms with van der Waals surface area (Å²) in [5, 5.41) is 1.88. The zero-order valence-corrected chi connectivity index (χ0v) is 8.13. The van der Waals surface area contributed by atoms with Crippen molar-refractivity contribution in [1.82, 2.24) is 0 Å². The molecule has 0 saturated carbocycles. The van der Waals surface area contributed by atoms with Crippen LogP contribution in [0, 0.1) is 0 Å². The molecule has 10 heavy (non-hydrogen) atoms. The third-order valence-electron chi connectivity index (χ3n) is 0.964. The molecule has 60 valence electrons. The molecule has 0 heterocycles. The van der Waals surface area contributed by atoms with Crippen molar-refractivity contribution in [3.63, 3.8) is 0 Å². The number of rotatable bonds is 5. The number of hydrogen-bond donors (Lipinski definition) is 0. The summed E-state index contributed by atoms with van der Waals surface area (Å²) in [7, 11) is 0.718. The van der Waals surface area contributed by atoms with Gasteiger partial charge >= 0.3 is 0 Å². The Morgan fingerprint density at radius 2 is 2.30 bits per heavy atom. The molecule has 0 saturated heterocycles. The molecular formula is C7H14OS2. The lowest BCUT2D eigenvalue weighted by Gasteiger charge is -1.93. The molecule has 0 aliphatic heterocycles. The third kappa shape index (κ3) is 6.36. The zero-order chi connectivity index (χ0) is 7.82. The fourth-order valence-electron chi connectivity index (χ4n) is 0.428. The van der Waals surface area contributed by atoms with Crippen LogP contribution in [0.25, 0.3) is 0 Å². The van der Waals surface area contributed by atoms with Gasteiger partial charge in [0, 0.05) is 5.75 Å². The lowest BCUT2D eigenvalue weighted by molar-refractivity contribution is 0.688. The van der Waals surface area contributed by atoms with E-state index in [1.807, 2.05) is 18.4 Å². The number of unbranched alkanes of at least 4 members (excludes halogenated alkanes) is 1. The Morgan fingerprint density at radius 1 is 1.60 bits per heavy atom. The predicted molar refractivity (Wildman–Crippen MR) is 50.3 cm³/mol. The van der Waals surface area contributed by atoms with Crippen molar-refractivity contribution in [3.05, 3.63) is 11.5 Å². The third-order valence-corrected chi connectivity index (χ3v) is 3.66. The molecule has 0 bridgehead atoms. The first-order chi connectivity index (χ1) is 4.81. The van der Waals surface area contributed by atoms with E-state index in [1.54, 1.807) is 0 Å². The largest absolute Gasteiger partial charge is 0.248 e. The second-order valence-corrected chi connectivity index (χ2v) is 5.10. The van der Waals surface area contributed by atoms with E-state index in [9.17, 15) is 4.21 Å². The molecule has 1 atom stereocenters. The topological polar surface area (TPSA) is 17.1 Å². The summed E-state index contributed by atoms with van der Waals surface area (Å²) in [6.07, 6.45) is 4.10. The summed E-state index contributed by atoms with van der Waals surface area (Å²) < 4.78 is 11.0. The molecule has 0 aromatic heterocycles.